The lowest BCUT2D eigenvalue weighted by molar-refractivity contribution is -0.191. The minimum atomic E-state index is -1.43. The molecule has 0 aliphatic carbocycles. The quantitative estimate of drug-likeness (QED) is 0.466. The number of rotatable bonds is 6. The van der Waals surface area contributed by atoms with Crippen molar-refractivity contribution in [3.8, 4) is 0 Å². The zero-order valence-electron chi connectivity index (χ0n) is 19.3. The smallest absolute Gasteiger partial charge is 0.340 e. The van der Waals surface area contributed by atoms with E-state index in [2.05, 4.69) is 0 Å². The van der Waals surface area contributed by atoms with Gasteiger partial charge in [0.1, 0.15) is 6.10 Å². The lowest BCUT2D eigenvalue weighted by atomic mass is 10.2. The number of carbonyl (C=O) groups is 3. The van der Waals surface area contributed by atoms with Crippen LogP contribution in [0.3, 0.4) is 0 Å². The van der Waals surface area contributed by atoms with Crippen molar-refractivity contribution >= 4 is 17.8 Å². The van der Waals surface area contributed by atoms with Gasteiger partial charge in [-0.15, -0.1) is 0 Å². The Bertz CT molecular complexity index is 1380. The van der Waals surface area contributed by atoms with E-state index >= 15 is 0 Å². The third-order valence-electron chi connectivity index (χ3n) is 5.46. The first-order valence-corrected chi connectivity index (χ1v) is 10.9. The van der Waals surface area contributed by atoms with Crippen LogP contribution in [0.4, 0.5) is 0 Å². The molecule has 1 unspecified atom stereocenters. The third kappa shape index (κ3) is 4.88. The molecule has 1 saturated heterocycles. The molecular formula is C25H22N2O9. The molecule has 2 heterocycles. The molecule has 0 amide bonds. The van der Waals surface area contributed by atoms with Crippen LogP contribution in [0.2, 0.25) is 0 Å². The SMILES string of the molecule is COC1[C@@H](OC(=O)c2ccccc2)[C@H](OC(C)=O)O[C@H]1n1ccc(=O)n(C(=O)c2ccccc2)c1=O. The first-order valence-electron chi connectivity index (χ1n) is 10.9. The van der Waals surface area contributed by atoms with Gasteiger partial charge >= 0.3 is 17.6 Å². The molecule has 0 saturated carbocycles. The van der Waals surface area contributed by atoms with E-state index in [-0.39, 0.29) is 11.1 Å². The number of hydrogen-bond acceptors (Lipinski definition) is 9. The highest BCUT2D eigenvalue weighted by Crippen LogP contribution is 2.33. The monoisotopic (exact) mass is 494 g/mol. The van der Waals surface area contributed by atoms with E-state index in [1.165, 1.54) is 31.4 Å². The van der Waals surface area contributed by atoms with Gasteiger partial charge in [0.15, 0.2) is 12.3 Å². The molecule has 1 aliphatic heterocycles. The summed E-state index contributed by atoms with van der Waals surface area (Å²) in [6.07, 6.45) is -4.02. The maximum Gasteiger partial charge on any atom is 0.340 e. The van der Waals surface area contributed by atoms with E-state index in [0.717, 1.165) is 23.8 Å². The molecular weight excluding hydrogens is 472 g/mol. The van der Waals surface area contributed by atoms with Gasteiger partial charge in [-0.3, -0.25) is 19.0 Å². The van der Waals surface area contributed by atoms with Crippen LogP contribution in [0.25, 0.3) is 0 Å². The summed E-state index contributed by atoms with van der Waals surface area (Å²) in [5, 5.41) is 0. The Morgan fingerprint density at radius 1 is 0.833 bits per heavy atom. The Balaban J connectivity index is 1.72. The molecule has 1 aliphatic rings. The molecule has 3 aromatic rings. The summed E-state index contributed by atoms with van der Waals surface area (Å²) in [5.74, 6) is -2.30. The standard InChI is InChI=1S/C25H22N2O9/c1-15(28)34-24-20(35-23(31)17-11-7-4-8-12-17)19(33-2)22(36-24)26-14-13-18(29)27(25(26)32)21(30)16-9-5-3-6-10-16/h3-14,19-20,22,24H,1-2H3/t19?,20-,22-,24-/m1/s1. The Labute approximate surface area is 204 Å². The van der Waals surface area contributed by atoms with E-state index < -0.39 is 53.8 Å². The number of esters is 2. The van der Waals surface area contributed by atoms with E-state index in [0.29, 0.717) is 4.57 Å². The van der Waals surface area contributed by atoms with Gasteiger partial charge in [0, 0.05) is 31.9 Å². The fraction of sp³-hybridized carbons (Fsp3) is 0.240. The maximum absolute atomic E-state index is 13.3. The van der Waals surface area contributed by atoms with E-state index in [4.69, 9.17) is 18.9 Å². The summed E-state index contributed by atoms with van der Waals surface area (Å²) >= 11 is 0. The molecule has 11 nitrogen and oxygen atoms in total. The fourth-order valence-electron chi connectivity index (χ4n) is 3.81. The summed E-state index contributed by atoms with van der Waals surface area (Å²) in [7, 11) is 1.29. The zero-order chi connectivity index (χ0) is 25.8. The Kier molecular flexibility index (Phi) is 7.23. The van der Waals surface area contributed by atoms with Crippen LogP contribution in [0.15, 0.2) is 82.5 Å². The maximum atomic E-state index is 13.3. The minimum absolute atomic E-state index is 0.123. The molecule has 0 bridgehead atoms. The molecule has 36 heavy (non-hydrogen) atoms. The number of hydrogen-bond donors (Lipinski definition) is 0. The Morgan fingerprint density at radius 2 is 1.44 bits per heavy atom. The summed E-state index contributed by atoms with van der Waals surface area (Å²) in [6.45, 7) is 1.14. The highest BCUT2D eigenvalue weighted by molar-refractivity contribution is 5.95. The second-order valence-corrected chi connectivity index (χ2v) is 7.79. The summed E-state index contributed by atoms with van der Waals surface area (Å²) in [5.41, 5.74) is -1.50. The second kappa shape index (κ2) is 10.5. The van der Waals surface area contributed by atoms with Crippen LogP contribution in [0.1, 0.15) is 33.9 Å². The Morgan fingerprint density at radius 3 is 2.03 bits per heavy atom. The topological polar surface area (TPSA) is 132 Å². The highest BCUT2D eigenvalue weighted by Gasteiger charge is 2.51. The summed E-state index contributed by atoms with van der Waals surface area (Å²) in [4.78, 5) is 63.1. The lowest BCUT2D eigenvalue weighted by Crippen LogP contribution is -2.46. The van der Waals surface area contributed by atoms with Crippen molar-refractivity contribution < 1.29 is 33.3 Å². The molecule has 4 rings (SSSR count). The Hall–Kier alpha value is -4.35. The van der Waals surface area contributed by atoms with Crippen LogP contribution < -0.4 is 11.2 Å². The van der Waals surface area contributed by atoms with Crippen molar-refractivity contribution in [3.05, 3.63) is 105 Å². The van der Waals surface area contributed by atoms with Gasteiger partial charge in [-0.25, -0.2) is 9.59 Å². The van der Waals surface area contributed by atoms with Crippen molar-refractivity contribution in [2.45, 2.75) is 31.6 Å². The van der Waals surface area contributed by atoms with Crippen molar-refractivity contribution in [1.82, 2.24) is 9.13 Å². The average molecular weight is 494 g/mol. The first-order chi connectivity index (χ1) is 17.3. The molecule has 186 valence electrons. The second-order valence-electron chi connectivity index (χ2n) is 7.79. The number of benzene rings is 2. The molecule has 0 N–H and O–H groups in total. The lowest BCUT2D eigenvalue weighted by Gasteiger charge is -2.23. The van der Waals surface area contributed by atoms with Gasteiger partial charge in [-0.05, 0) is 24.3 Å². The van der Waals surface area contributed by atoms with Crippen molar-refractivity contribution in [1.29, 1.82) is 0 Å². The van der Waals surface area contributed by atoms with Gasteiger partial charge in [-0.1, -0.05) is 36.4 Å². The molecule has 4 atom stereocenters. The normalized spacial score (nSPS) is 21.1. The molecule has 1 fully saturated rings. The first kappa shape index (κ1) is 24.8. The summed E-state index contributed by atoms with van der Waals surface area (Å²) in [6, 6.07) is 16.9. The van der Waals surface area contributed by atoms with Crippen LogP contribution in [0, 0.1) is 0 Å². The highest BCUT2D eigenvalue weighted by atomic mass is 16.7. The van der Waals surface area contributed by atoms with Crippen molar-refractivity contribution in [2.24, 2.45) is 0 Å². The van der Waals surface area contributed by atoms with Crippen LogP contribution in [-0.2, 0) is 23.7 Å². The van der Waals surface area contributed by atoms with Crippen LogP contribution in [-0.4, -0.2) is 52.6 Å². The molecule has 0 spiro atoms. The summed E-state index contributed by atoms with van der Waals surface area (Å²) < 4.78 is 23.4. The molecule has 11 heteroatoms. The van der Waals surface area contributed by atoms with Crippen molar-refractivity contribution in [3.63, 3.8) is 0 Å². The largest absolute Gasteiger partial charge is 0.449 e. The number of carbonyl (C=O) groups excluding carboxylic acids is 3. The van der Waals surface area contributed by atoms with Crippen molar-refractivity contribution in [2.75, 3.05) is 7.11 Å². The van der Waals surface area contributed by atoms with Gasteiger partial charge < -0.3 is 18.9 Å². The number of ether oxygens (including phenoxy) is 4. The predicted molar refractivity (Wildman–Crippen MR) is 123 cm³/mol. The number of aromatic nitrogens is 2. The van der Waals surface area contributed by atoms with Gasteiger partial charge in [0.05, 0.1) is 5.56 Å². The minimum Gasteiger partial charge on any atom is -0.449 e. The number of nitrogens with zero attached hydrogens (tertiary/aromatic N) is 2. The van der Waals surface area contributed by atoms with Gasteiger partial charge in [0.2, 0.25) is 6.29 Å². The van der Waals surface area contributed by atoms with Gasteiger partial charge in [-0.2, -0.15) is 4.57 Å². The van der Waals surface area contributed by atoms with E-state index in [9.17, 15) is 24.0 Å². The third-order valence-corrected chi connectivity index (χ3v) is 5.46. The average Bonchev–Trinajstić information content (AvgIpc) is 3.20. The molecule has 2 aromatic carbocycles. The molecule has 0 radical (unpaired) electrons. The number of methoxy groups -OCH3 is 1. The zero-order valence-corrected chi connectivity index (χ0v) is 19.3. The van der Waals surface area contributed by atoms with Crippen LogP contribution >= 0.6 is 0 Å². The van der Waals surface area contributed by atoms with Gasteiger partial charge in [0.25, 0.3) is 11.5 Å². The predicted octanol–water partition coefficient (Wildman–Crippen LogP) is 1.36. The van der Waals surface area contributed by atoms with Crippen LogP contribution in [0.5, 0.6) is 0 Å². The van der Waals surface area contributed by atoms with E-state index in [1.807, 2.05) is 0 Å². The van der Waals surface area contributed by atoms with E-state index in [1.54, 1.807) is 36.4 Å². The molecule has 1 aromatic heterocycles. The fourth-order valence-corrected chi connectivity index (χ4v) is 3.81.